The normalized spacial score (nSPS) is 29.2. The average Bonchev–Trinajstić information content (AvgIpc) is 2.64. The molecule has 9 heteroatoms. The molecule has 2 rings (SSSR count). The lowest BCUT2D eigenvalue weighted by molar-refractivity contribution is -0.384. The zero-order valence-corrected chi connectivity index (χ0v) is 14.2. The molecule has 2 atom stereocenters. The lowest BCUT2D eigenvalue weighted by Gasteiger charge is -2.27. The van der Waals surface area contributed by atoms with Gasteiger partial charge in [-0.05, 0) is 32.9 Å². The summed E-state index contributed by atoms with van der Waals surface area (Å²) in [5.74, 6) is -0.749. The highest BCUT2D eigenvalue weighted by Gasteiger charge is 2.61. The summed E-state index contributed by atoms with van der Waals surface area (Å²) in [6.07, 6.45) is 0.198. The number of carbonyl (C=O) groups is 1. The second kappa shape index (κ2) is 5.70. The molecule has 1 saturated heterocycles. The van der Waals surface area contributed by atoms with Crippen molar-refractivity contribution >= 4 is 19.3 Å². The summed E-state index contributed by atoms with van der Waals surface area (Å²) < 4.78 is 28.6. The molecular formula is C14H18NO7P. The lowest BCUT2D eigenvalue weighted by Crippen LogP contribution is -2.31. The third-order valence-corrected chi connectivity index (χ3v) is 6.19. The van der Waals surface area contributed by atoms with E-state index >= 15 is 0 Å². The van der Waals surface area contributed by atoms with Crippen molar-refractivity contribution in [3.05, 3.63) is 39.9 Å². The third kappa shape index (κ3) is 3.29. The number of hydrogen-bond acceptors (Lipinski definition) is 7. The number of nitrogens with zero attached hydrogens (tertiary/aromatic N) is 1. The van der Waals surface area contributed by atoms with Gasteiger partial charge in [0.25, 0.3) is 5.69 Å². The first-order valence-corrected chi connectivity index (χ1v) is 8.41. The lowest BCUT2D eigenvalue weighted by atomic mass is 10.0. The van der Waals surface area contributed by atoms with Gasteiger partial charge in [0.2, 0.25) is 5.34 Å². The van der Waals surface area contributed by atoms with Crippen molar-refractivity contribution in [2.75, 3.05) is 7.11 Å². The Labute approximate surface area is 133 Å². The van der Waals surface area contributed by atoms with E-state index in [9.17, 15) is 19.5 Å². The Morgan fingerprint density at radius 2 is 1.87 bits per heavy atom. The summed E-state index contributed by atoms with van der Waals surface area (Å²) in [6.45, 7) is 4.95. The van der Waals surface area contributed by atoms with Gasteiger partial charge in [0.15, 0.2) is 0 Å². The molecule has 1 fully saturated rings. The number of esters is 1. The molecule has 0 aliphatic carbocycles. The summed E-state index contributed by atoms with van der Waals surface area (Å²) in [5, 5.41) is 9.20. The van der Waals surface area contributed by atoms with Gasteiger partial charge in [0.1, 0.15) is 0 Å². The number of hydrogen-bond donors (Lipinski definition) is 0. The van der Waals surface area contributed by atoms with Crippen molar-refractivity contribution in [1.82, 2.24) is 0 Å². The topological polar surface area (TPSA) is 105 Å². The van der Waals surface area contributed by atoms with Crippen LogP contribution in [0, 0.1) is 10.1 Å². The van der Waals surface area contributed by atoms with Gasteiger partial charge < -0.3 is 9.26 Å². The molecule has 0 saturated carbocycles. The Morgan fingerprint density at radius 1 is 1.30 bits per heavy atom. The molecule has 1 aromatic rings. The highest BCUT2D eigenvalue weighted by molar-refractivity contribution is 7.55. The van der Waals surface area contributed by atoms with E-state index in [1.807, 2.05) is 0 Å². The van der Waals surface area contributed by atoms with Gasteiger partial charge in [-0.1, -0.05) is 0 Å². The van der Waals surface area contributed by atoms with E-state index in [1.54, 1.807) is 13.8 Å². The van der Waals surface area contributed by atoms with Crippen molar-refractivity contribution in [2.24, 2.45) is 0 Å². The maximum atomic E-state index is 12.7. The molecule has 0 spiro atoms. The molecule has 1 heterocycles. The van der Waals surface area contributed by atoms with E-state index in [0.717, 1.165) is 0 Å². The Balaban J connectivity index is 2.24. The zero-order chi connectivity index (χ0) is 17.5. The Morgan fingerprint density at radius 3 is 2.35 bits per heavy atom. The fourth-order valence-corrected chi connectivity index (χ4v) is 4.78. The minimum absolute atomic E-state index is 0.115. The molecule has 0 aromatic heterocycles. The van der Waals surface area contributed by atoms with Crippen LogP contribution >= 0.6 is 7.60 Å². The second-order valence-corrected chi connectivity index (χ2v) is 8.56. The summed E-state index contributed by atoms with van der Waals surface area (Å²) in [6, 6.07) is 4.96. The van der Waals surface area contributed by atoms with Gasteiger partial charge in [0, 0.05) is 25.7 Å². The zero-order valence-electron chi connectivity index (χ0n) is 13.3. The second-order valence-electron chi connectivity index (χ2n) is 6.08. The summed E-state index contributed by atoms with van der Waals surface area (Å²) >= 11 is 0. The van der Waals surface area contributed by atoms with Crippen LogP contribution in [-0.2, 0) is 18.3 Å². The number of benzene rings is 1. The quantitative estimate of drug-likeness (QED) is 0.356. The Bertz CT molecular complexity index is 685. The molecule has 0 radical (unpaired) electrons. The highest BCUT2D eigenvalue weighted by Crippen LogP contribution is 2.70. The van der Waals surface area contributed by atoms with Crippen molar-refractivity contribution < 1.29 is 28.1 Å². The van der Waals surface area contributed by atoms with E-state index in [0.29, 0.717) is 0 Å². The van der Waals surface area contributed by atoms with E-state index < -0.39 is 29.4 Å². The number of non-ortho nitro benzene ring substituents is 1. The van der Waals surface area contributed by atoms with Crippen LogP contribution in [0.3, 0.4) is 0 Å². The Hall–Kier alpha value is -1.76. The molecule has 0 amide bonds. The molecule has 1 aliphatic heterocycles. The van der Waals surface area contributed by atoms with Crippen LogP contribution in [0.5, 0.6) is 0 Å². The van der Waals surface area contributed by atoms with Crippen molar-refractivity contribution in [3.8, 4) is 0 Å². The minimum Gasteiger partial charge on any atom is -0.443 e. The van der Waals surface area contributed by atoms with Gasteiger partial charge in [-0.25, -0.2) is 4.79 Å². The van der Waals surface area contributed by atoms with E-state index in [1.165, 1.54) is 38.3 Å². The maximum absolute atomic E-state index is 12.7. The van der Waals surface area contributed by atoms with Gasteiger partial charge in [-0.2, -0.15) is 0 Å². The largest absolute Gasteiger partial charge is 0.443 e. The van der Waals surface area contributed by atoms with E-state index in [2.05, 4.69) is 0 Å². The molecule has 126 valence electrons. The van der Waals surface area contributed by atoms with Gasteiger partial charge in [0.05, 0.1) is 16.1 Å². The number of carbonyl (C=O) groups excluding carboxylic acids is 1. The van der Waals surface area contributed by atoms with Gasteiger partial charge >= 0.3 is 13.6 Å². The van der Waals surface area contributed by atoms with E-state index in [-0.39, 0.29) is 17.7 Å². The first-order chi connectivity index (χ1) is 10.5. The number of ether oxygens (including phenoxy) is 1. The molecule has 1 aliphatic rings. The van der Waals surface area contributed by atoms with Crippen LogP contribution < -0.4 is 0 Å². The van der Waals surface area contributed by atoms with Crippen LogP contribution in [0.4, 0.5) is 5.69 Å². The molecular weight excluding hydrogens is 325 g/mol. The highest BCUT2D eigenvalue weighted by atomic mass is 31.2. The molecule has 8 nitrogen and oxygen atoms in total. The fraction of sp³-hybridized carbons (Fsp3) is 0.500. The number of rotatable bonds is 4. The predicted molar refractivity (Wildman–Crippen MR) is 81.3 cm³/mol. The van der Waals surface area contributed by atoms with E-state index in [4.69, 9.17) is 13.8 Å². The first-order valence-electron chi connectivity index (χ1n) is 6.86. The molecule has 0 bridgehead atoms. The third-order valence-electron chi connectivity index (χ3n) is 3.57. The molecule has 0 N–H and O–H groups in total. The SMILES string of the molecule is CO[P@@]1(=O)OC(C)(C)C[C@@]1(C)OC(=O)c1ccc([N+](=O)[O-])cc1. The standard InChI is InChI=1S/C14H18NO7P/c1-13(2)9-14(3,23(19,20-4)22-13)21-12(16)10-5-7-11(8-6-10)15(17)18/h5-8H,9H2,1-4H3/t14-,23+/m0/s1. The average molecular weight is 343 g/mol. The van der Waals surface area contributed by atoms with Crippen molar-refractivity contribution in [2.45, 2.75) is 38.1 Å². The van der Waals surface area contributed by atoms with Crippen LogP contribution in [0.15, 0.2) is 24.3 Å². The smallest absolute Gasteiger partial charge is 0.374 e. The first kappa shape index (κ1) is 17.6. The molecule has 1 aromatic carbocycles. The van der Waals surface area contributed by atoms with Crippen molar-refractivity contribution in [1.29, 1.82) is 0 Å². The summed E-state index contributed by atoms with van der Waals surface area (Å²) in [5.41, 5.74) is -0.791. The maximum Gasteiger partial charge on any atom is 0.374 e. The van der Waals surface area contributed by atoms with Crippen LogP contribution in [0.2, 0.25) is 0 Å². The van der Waals surface area contributed by atoms with Crippen molar-refractivity contribution in [3.63, 3.8) is 0 Å². The summed E-state index contributed by atoms with van der Waals surface area (Å²) in [7, 11) is -2.41. The molecule has 0 unspecified atom stereocenters. The Kier molecular flexibility index (Phi) is 4.36. The van der Waals surface area contributed by atoms with Gasteiger partial charge in [-0.3, -0.25) is 19.2 Å². The molecule has 23 heavy (non-hydrogen) atoms. The van der Waals surface area contributed by atoms with Gasteiger partial charge in [-0.15, -0.1) is 0 Å². The number of nitro benzene ring substituents is 1. The fourth-order valence-electron chi connectivity index (χ4n) is 2.64. The van der Waals surface area contributed by atoms with Crippen LogP contribution in [0.25, 0.3) is 0 Å². The number of nitro groups is 1. The predicted octanol–water partition coefficient (Wildman–Crippen LogP) is 3.51. The monoisotopic (exact) mass is 343 g/mol. The summed E-state index contributed by atoms with van der Waals surface area (Å²) in [4.78, 5) is 22.3. The van der Waals surface area contributed by atoms with Crippen LogP contribution in [0.1, 0.15) is 37.6 Å². The van der Waals surface area contributed by atoms with Crippen LogP contribution in [-0.4, -0.2) is 28.9 Å². The minimum atomic E-state index is -3.65.